The van der Waals surface area contributed by atoms with E-state index in [9.17, 15) is 14.7 Å². The summed E-state index contributed by atoms with van der Waals surface area (Å²) in [6.45, 7) is 5.56. The number of fused-ring (bicyclic) bond motifs is 1. The molecule has 0 aliphatic carbocycles. The van der Waals surface area contributed by atoms with Crippen molar-refractivity contribution in [3.8, 4) is 5.75 Å². The molecule has 116 valence electrons. The Morgan fingerprint density at radius 3 is 2.39 bits per heavy atom. The highest BCUT2D eigenvalue weighted by Gasteiger charge is 2.36. The normalized spacial score (nSPS) is 14.6. The van der Waals surface area contributed by atoms with Crippen LogP contribution in [-0.4, -0.2) is 27.9 Å². The highest BCUT2D eigenvalue weighted by molar-refractivity contribution is 6.12. The summed E-state index contributed by atoms with van der Waals surface area (Å²) in [7, 11) is 0. The molecule has 2 amide bonds. The fourth-order valence-electron chi connectivity index (χ4n) is 2.65. The number of phenolic OH excluding ortho intramolecular Hbond substituents is 1. The number of amides is 2. The monoisotopic (exact) mass is 308 g/mol. The second-order valence-corrected chi connectivity index (χ2v) is 5.35. The minimum absolute atomic E-state index is 0.0251. The van der Waals surface area contributed by atoms with Gasteiger partial charge in [0.05, 0.1) is 5.69 Å². The molecule has 0 radical (unpaired) electrons. The Morgan fingerprint density at radius 1 is 1.13 bits per heavy atom. The van der Waals surface area contributed by atoms with Crippen molar-refractivity contribution in [2.75, 3.05) is 5.32 Å². The molecule has 2 aromatic carbocycles. The number of benzene rings is 2. The first kappa shape index (κ1) is 14.8. The van der Waals surface area contributed by atoms with E-state index in [1.54, 1.807) is 37.3 Å². The Hall–Kier alpha value is -3.08. The van der Waals surface area contributed by atoms with Gasteiger partial charge in [-0.15, -0.1) is 0 Å². The van der Waals surface area contributed by atoms with Crippen LogP contribution in [0.4, 0.5) is 5.69 Å². The van der Waals surface area contributed by atoms with Gasteiger partial charge in [0.1, 0.15) is 11.8 Å². The molecule has 5 heteroatoms. The van der Waals surface area contributed by atoms with E-state index >= 15 is 0 Å². The second kappa shape index (κ2) is 5.61. The van der Waals surface area contributed by atoms with Crippen LogP contribution in [0.15, 0.2) is 55.1 Å². The zero-order valence-corrected chi connectivity index (χ0v) is 12.6. The number of hydrogen-bond donors (Lipinski definition) is 2. The predicted octanol–water partition coefficient (Wildman–Crippen LogP) is 2.85. The molecular formula is C18H16N2O3. The van der Waals surface area contributed by atoms with Crippen LogP contribution in [-0.2, 0) is 4.79 Å². The summed E-state index contributed by atoms with van der Waals surface area (Å²) in [5.74, 6) is -0.665. The third-order valence-electron chi connectivity index (χ3n) is 3.91. The topological polar surface area (TPSA) is 69.6 Å². The molecule has 2 aromatic rings. The number of hydrogen-bond acceptors (Lipinski definition) is 3. The Kier molecular flexibility index (Phi) is 3.62. The van der Waals surface area contributed by atoms with Crippen molar-refractivity contribution in [3.05, 3.63) is 66.2 Å². The Labute approximate surface area is 133 Å². The van der Waals surface area contributed by atoms with Crippen molar-refractivity contribution in [3.63, 3.8) is 0 Å². The van der Waals surface area contributed by atoms with Crippen LogP contribution in [0.1, 0.15) is 22.8 Å². The number of carbonyl (C=O) groups excluding carboxylic acids is 2. The van der Waals surface area contributed by atoms with Gasteiger partial charge in [-0.05, 0) is 25.1 Å². The zero-order valence-electron chi connectivity index (χ0n) is 12.6. The average molecular weight is 308 g/mol. The Bertz CT molecular complexity index is 778. The van der Waals surface area contributed by atoms with E-state index in [1.165, 1.54) is 11.0 Å². The Morgan fingerprint density at radius 2 is 1.74 bits per heavy atom. The molecule has 0 saturated heterocycles. The molecular weight excluding hydrogens is 292 g/mol. The minimum Gasteiger partial charge on any atom is -0.506 e. The van der Waals surface area contributed by atoms with Crippen LogP contribution < -0.4 is 5.32 Å². The lowest BCUT2D eigenvalue weighted by Crippen LogP contribution is -2.41. The number of anilines is 1. The van der Waals surface area contributed by atoms with E-state index in [2.05, 4.69) is 11.9 Å². The molecule has 0 unspecified atom stereocenters. The average Bonchev–Trinajstić information content (AvgIpc) is 2.81. The third kappa shape index (κ3) is 2.46. The number of aromatic hydroxyl groups is 1. The molecule has 3 rings (SSSR count). The van der Waals surface area contributed by atoms with E-state index in [1.807, 2.05) is 12.1 Å². The van der Waals surface area contributed by atoms with Gasteiger partial charge >= 0.3 is 0 Å². The van der Waals surface area contributed by atoms with Crippen molar-refractivity contribution in [2.45, 2.75) is 13.0 Å². The standard InChI is InChI=1S/C18H16N2O3/c1-11-13-7-3-4-8-14(13)18(23)20(11)12(2)17(22)19-15-9-5-6-10-16(15)21/h3-10,12,21H,1H2,2H3,(H,19,22)/t12-/m1/s1. The summed E-state index contributed by atoms with van der Waals surface area (Å²) in [5, 5.41) is 12.4. The van der Waals surface area contributed by atoms with E-state index < -0.39 is 11.9 Å². The van der Waals surface area contributed by atoms with Crippen LogP contribution in [0.2, 0.25) is 0 Å². The zero-order chi connectivity index (χ0) is 16.6. The molecule has 0 aromatic heterocycles. The SMILES string of the molecule is C=C1c2ccccc2C(=O)N1[C@H](C)C(=O)Nc1ccccc1O. The van der Waals surface area contributed by atoms with Gasteiger partial charge < -0.3 is 10.4 Å². The van der Waals surface area contributed by atoms with Gasteiger partial charge in [0.25, 0.3) is 5.91 Å². The number of para-hydroxylation sites is 2. The molecule has 0 fully saturated rings. The molecule has 1 heterocycles. The van der Waals surface area contributed by atoms with Crippen molar-refractivity contribution >= 4 is 23.2 Å². The van der Waals surface area contributed by atoms with Crippen LogP contribution in [0.3, 0.4) is 0 Å². The lowest BCUT2D eigenvalue weighted by molar-refractivity contribution is -0.119. The summed E-state index contributed by atoms with van der Waals surface area (Å²) in [6, 6.07) is 12.8. The minimum atomic E-state index is -0.748. The summed E-state index contributed by atoms with van der Waals surface area (Å²) >= 11 is 0. The fraction of sp³-hybridized carbons (Fsp3) is 0.111. The summed E-state index contributed by atoms with van der Waals surface area (Å²) in [6.07, 6.45) is 0. The number of carbonyl (C=O) groups is 2. The van der Waals surface area contributed by atoms with Crippen LogP contribution in [0.25, 0.3) is 5.70 Å². The fourth-order valence-corrected chi connectivity index (χ4v) is 2.65. The molecule has 2 N–H and O–H groups in total. The van der Waals surface area contributed by atoms with Gasteiger partial charge in [-0.3, -0.25) is 14.5 Å². The number of nitrogens with one attached hydrogen (secondary N) is 1. The molecule has 1 aliphatic heterocycles. The molecule has 0 bridgehead atoms. The molecule has 5 nitrogen and oxygen atoms in total. The van der Waals surface area contributed by atoms with E-state index in [0.29, 0.717) is 16.9 Å². The number of rotatable bonds is 3. The van der Waals surface area contributed by atoms with Gasteiger partial charge in [-0.2, -0.15) is 0 Å². The van der Waals surface area contributed by atoms with Crippen LogP contribution >= 0.6 is 0 Å². The molecule has 23 heavy (non-hydrogen) atoms. The van der Waals surface area contributed by atoms with E-state index in [0.717, 1.165) is 5.56 Å². The maximum atomic E-state index is 12.5. The number of phenols is 1. The van der Waals surface area contributed by atoms with Gasteiger partial charge in [-0.1, -0.05) is 36.9 Å². The van der Waals surface area contributed by atoms with Crippen molar-refractivity contribution in [2.24, 2.45) is 0 Å². The highest BCUT2D eigenvalue weighted by Crippen LogP contribution is 2.33. The van der Waals surface area contributed by atoms with E-state index in [4.69, 9.17) is 0 Å². The van der Waals surface area contributed by atoms with Crippen molar-refractivity contribution in [1.82, 2.24) is 4.90 Å². The third-order valence-corrected chi connectivity index (χ3v) is 3.91. The molecule has 1 atom stereocenters. The summed E-state index contributed by atoms with van der Waals surface area (Å²) in [5.41, 5.74) is 2.09. The largest absolute Gasteiger partial charge is 0.506 e. The van der Waals surface area contributed by atoms with Gasteiger partial charge in [-0.25, -0.2) is 0 Å². The smallest absolute Gasteiger partial charge is 0.259 e. The highest BCUT2D eigenvalue weighted by atomic mass is 16.3. The summed E-state index contributed by atoms with van der Waals surface area (Å²) < 4.78 is 0. The maximum Gasteiger partial charge on any atom is 0.259 e. The predicted molar refractivity (Wildman–Crippen MR) is 87.8 cm³/mol. The lowest BCUT2D eigenvalue weighted by atomic mass is 10.1. The van der Waals surface area contributed by atoms with Crippen LogP contribution in [0.5, 0.6) is 5.75 Å². The van der Waals surface area contributed by atoms with E-state index in [-0.39, 0.29) is 11.7 Å². The lowest BCUT2D eigenvalue weighted by Gasteiger charge is -2.24. The number of nitrogens with zero attached hydrogens (tertiary/aromatic N) is 1. The van der Waals surface area contributed by atoms with Gasteiger partial charge in [0.15, 0.2) is 0 Å². The van der Waals surface area contributed by atoms with Crippen LogP contribution in [0, 0.1) is 0 Å². The molecule has 0 spiro atoms. The first-order chi connectivity index (χ1) is 11.0. The van der Waals surface area contributed by atoms with Crippen molar-refractivity contribution < 1.29 is 14.7 Å². The molecule has 1 aliphatic rings. The first-order valence-electron chi connectivity index (χ1n) is 7.21. The van der Waals surface area contributed by atoms with Gasteiger partial charge in [0, 0.05) is 16.8 Å². The second-order valence-electron chi connectivity index (χ2n) is 5.35. The van der Waals surface area contributed by atoms with Gasteiger partial charge in [0.2, 0.25) is 5.91 Å². The maximum absolute atomic E-state index is 12.5. The molecule has 0 saturated carbocycles. The summed E-state index contributed by atoms with van der Waals surface area (Å²) in [4.78, 5) is 26.3. The van der Waals surface area contributed by atoms with Crippen molar-refractivity contribution in [1.29, 1.82) is 0 Å². The quantitative estimate of drug-likeness (QED) is 0.857. The Balaban J connectivity index is 1.83. The first-order valence-corrected chi connectivity index (χ1v) is 7.21.